The Kier molecular flexibility index (Phi) is 7.70. The Morgan fingerprint density at radius 2 is 2.04 bits per heavy atom. The van der Waals surface area contributed by atoms with Crippen molar-refractivity contribution in [2.45, 2.75) is 43.8 Å². The molecule has 1 rings (SSSR count). The number of aryl methyl sites for hydroxylation is 1. The minimum atomic E-state index is -3.98. The summed E-state index contributed by atoms with van der Waals surface area (Å²) in [6.07, 6.45) is 2.95. The van der Waals surface area contributed by atoms with Crippen molar-refractivity contribution in [2.75, 3.05) is 6.26 Å². The molecule has 150 valence electrons. The molecule has 0 aliphatic heterocycles. The first-order valence-electron chi connectivity index (χ1n) is 8.47. The molecule has 2 amide bonds. The third-order valence-corrected chi connectivity index (χ3v) is 6.45. The highest BCUT2D eigenvalue weighted by Gasteiger charge is 2.50. The number of nitrogens with one attached hydrogen (secondary N) is 2. The number of hydrogen-bond donors (Lipinski definition) is 4. The summed E-state index contributed by atoms with van der Waals surface area (Å²) >= 11 is 0. The zero-order valence-electron chi connectivity index (χ0n) is 15.8. The molecule has 8 nitrogen and oxygen atoms in total. The van der Waals surface area contributed by atoms with Crippen molar-refractivity contribution in [3.8, 4) is 0 Å². The Hall–Kier alpha value is -2.23. The van der Waals surface area contributed by atoms with Crippen LogP contribution in [0.5, 0.6) is 0 Å². The summed E-state index contributed by atoms with van der Waals surface area (Å²) in [5, 5.41) is 9.12. The molecule has 2 atom stereocenters. The summed E-state index contributed by atoms with van der Waals surface area (Å²) in [5.41, 5.74) is 4.81. The van der Waals surface area contributed by atoms with Gasteiger partial charge in [-0.15, -0.1) is 6.58 Å². The number of sulfone groups is 1. The van der Waals surface area contributed by atoms with Crippen LogP contribution in [0.15, 0.2) is 30.9 Å². The van der Waals surface area contributed by atoms with Crippen LogP contribution < -0.4 is 16.7 Å². The fourth-order valence-electron chi connectivity index (χ4n) is 3.35. The van der Waals surface area contributed by atoms with Crippen molar-refractivity contribution in [3.05, 3.63) is 47.5 Å². The summed E-state index contributed by atoms with van der Waals surface area (Å²) in [4.78, 5) is 25.0. The smallest absolute Gasteiger partial charge is 0.259 e. The van der Waals surface area contributed by atoms with Crippen LogP contribution in [0.4, 0.5) is 0 Å². The average molecular weight is 397 g/mol. The zero-order valence-corrected chi connectivity index (χ0v) is 16.6. The van der Waals surface area contributed by atoms with Crippen LogP contribution in [0.2, 0.25) is 0 Å². The monoisotopic (exact) mass is 397 g/mol. The number of benzene rings is 1. The molecule has 9 heteroatoms. The summed E-state index contributed by atoms with van der Waals surface area (Å²) in [5.74, 6) is 2.79. The Labute approximate surface area is 159 Å². The zero-order chi connectivity index (χ0) is 20.8. The normalized spacial score (nSPS) is 14.7. The molecule has 0 saturated carbocycles. The van der Waals surface area contributed by atoms with Crippen LogP contribution in [-0.2, 0) is 24.2 Å². The third kappa shape index (κ3) is 4.37. The van der Waals surface area contributed by atoms with E-state index in [0.29, 0.717) is 12.0 Å². The molecular formula is C18H27N3O5S. The fraction of sp³-hybridized carbons (Fsp3) is 0.444. The molecule has 5 N–H and O–H groups in total. The topological polar surface area (TPSA) is 139 Å². The van der Waals surface area contributed by atoms with Gasteiger partial charge in [-0.2, -0.15) is 0 Å². The van der Waals surface area contributed by atoms with Gasteiger partial charge in [0.15, 0.2) is 14.6 Å². The molecular weight excluding hydrogens is 370 g/mol. The van der Waals surface area contributed by atoms with Gasteiger partial charge in [-0.05, 0) is 30.9 Å². The molecule has 0 radical (unpaired) electrons. The average Bonchev–Trinajstić information content (AvgIpc) is 2.62. The quantitative estimate of drug-likeness (QED) is 0.162. The van der Waals surface area contributed by atoms with Gasteiger partial charge in [0, 0.05) is 6.26 Å². The Morgan fingerprint density at radius 1 is 1.41 bits per heavy atom. The van der Waals surface area contributed by atoms with Crippen LogP contribution in [0, 0.1) is 6.92 Å². The second-order valence-electron chi connectivity index (χ2n) is 6.47. The number of nitrogens with two attached hydrogens (primary N) is 1. The lowest BCUT2D eigenvalue weighted by atomic mass is 9.81. The predicted octanol–water partition coefficient (Wildman–Crippen LogP) is 1.19. The van der Waals surface area contributed by atoms with E-state index >= 15 is 0 Å². The molecule has 0 aromatic heterocycles. The molecule has 0 heterocycles. The Morgan fingerprint density at radius 3 is 2.48 bits per heavy atom. The minimum absolute atomic E-state index is 0.0213. The van der Waals surface area contributed by atoms with Crippen molar-refractivity contribution in [2.24, 2.45) is 5.84 Å². The maximum atomic E-state index is 12.8. The van der Waals surface area contributed by atoms with Crippen LogP contribution in [0.3, 0.4) is 0 Å². The number of amides is 2. The third-order valence-electron chi connectivity index (χ3n) is 4.58. The number of allylic oxidation sites excluding steroid dienone is 1. The van der Waals surface area contributed by atoms with Gasteiger partial charge in [-0.1, -0.05) is 43.2 Å². The molecule has 0 spiro atoms. The summed E-state index contributed by atoms with van der Waals surface area (Å²) in [6, 6.07) is 4.83. The highest BCUT2D eigenvalue weighted by molar-refractivity contribution is 7.92. The van der Waals surface area contributed by atoms with Crippen LogP contribution in [-0.4, -0.2) is 31.7 Å². The standard InChI is InChI=1S/C18H27N3O5S/c1-5-7-13(16(22)21-24)14-11-12(3)8-9-15(14)18(10-6-2,17(23)20-19)27(4,25)26/h5,8-9,11,13,24H,1,6-7,10,19H2,2-4H3,(H,20,23)(H,21,22)/t13-,18+/m0/s1. The van der Waals surface area contributed by atoms with Gasteiger partial charge < -0.3 is 0 Å². The predicted molar refractivity (Wildman–Crippen MR) is 102 cm³/mol. The summed E-state index contributed by atoms with van der Waals surface area (Å²) in [7, 11) is -3.98. The molecule has 0 aliphatic rings. The SMILES string of the molecule is C=CC[C@H](C(=O)NO)c1cc(C)ccc1[C@](CCC)(C(=O)NN)S(C)(=O)=O. The number of hydrazine groups is 1. The minimum Gasteiger partial charge on any atom is -0.293 e. The van der Waals surface area contributed by atoms with Gasteiger partial charge in [0.25, 0.3) is 11.8 Å². The molecule has 0 fully saturated rings. The van der Waals surface area contributed by atoms with Gasteiger partial charge >= 0.3 is 0 Å². The van der Waals surface area contributed by atoms with Gasteiger partial charge in [0.2, 0.25) is 0 Å². The molecule has 1 aromatic rings. The van der Waals surface area contributed by atoms with Crippen molar-refractivity contribution in [1.29, 1.82) is 0 Å². The number of carbonyl (C=O) groups is 2. The molecule has 0 bridgehead atoms. The van der Waals surface area contributed by atoms with Crippen molar-refractivity contribution in [3.63, 3.8) is 0 Å². The first-order valence-corrected chi connectivity index (χ1v) is 10.4. The summed E-state index contributed by atoms with van der Waals surface area (Å²) < 4.78 is 23.7. The first kappa shape index (κ1) is 22.8. The lowest BCUT2D eigenvalue weighted by molar-refractivity contribution is -0.131. The lowest BCUT2D eigenvalue weighted by Crippen LogP contribution is -2.52. The van der Waals surface area contributed by atoms with Gasteiger partial charge in [0.1, 0.15) is 0 Å². The number of hydroxylamine groups is 1. The molecule has 1 aromatic carbocycles. The molecule has 0 aliphatic carbocycles. The van der Waals surface area contributed by atoms with Crippen LogP contribution in [0.25, 0.3) is 0 Å². The second kappa shape index (κ2) is 9.12. The van der Waals surface area contributed by atoms with E-state index in [4.69, 9.17) is 11.0 Å². The summed E-state index contributed by atoms with van der Waals surface area (Å²) in [6.45, 7) is 7.14. The highest BCUT2D eigenvalue weighted by Crippen LogP contribution is 2.41. The van der Waals surface area contributed by atoms with Crippen LogP contribution in [0.1, 0.15) is 48.8 Å². The van der Waals surface area contributed by atoms with E-state index in [1.54, 1.807) is 31.5 Å². The van der Waals surface area contributed by atoms with Gasteiger partial charge in [-0.25, -0.2) is 19.7 Å². The fourth-order valence-corrected chi connectivity index (χ4v) is 4.91. The second-order valence-corrected chi connectivity index (χ2v) is 8.71. The number of hydrogen-bond acceptors (Lipinski definition) is 6. The molecule has 0 unspecified atom stereocenters. The van der Waals surface area contributed by atoms with E-state index in [2.05, 4.69) is 6.58 Å². The highest BCUT2D eigenvalue weighted by atomic mass is 32.2. The van der Waals surface area contributed by atoms with Crippen molar-refractivity contribution in [1.82, 2.24) is 10.9 Å². The maximum absolute atomic E-state index is 12.8. The van der Waals surface area contributed by atoms with E-state index in [9.17, 15) is 18.0 Å². The maximum Gasteiger partial charge on any atom is 0.259 e. The number of rotatable bonds is 9. The van der Waals surface area contributed by atoms with E-state index < -0.39 is 32.3 Å². The van der Waals surface area contributed by atoms with Gasteiger partial charge in [-0.3, -0.25) is 20.2 Å². The van der Waals surface area contributed by atoms with Crippen LogP contribution >= 0.6 is 0 Å². The van der Waals surface area contributed by atoms with E-state index in [1.165, 1.54) is 12.1 Å². The number of carbonyl (C=O) groups excluding carboxylic acids is 2. The van der Waals surface area contributed by atoms with Crippen molar-refractivity contribution < 1.29 is 23.2 Å². The largest absolute Gasteiger partial charge is 0.293 e. The van der Waals surface area contributed by atoms with E-state index in [1.807, 2.05) is 5.43 Å². The molecule has 0 saturated heterocycles. The Balaban J connectivity index is 3.97. The molecule has 27 heavy (non-hydrogen) atoms. The van der Waals surface area contributed by atoms with Crippen molar-refractivity contribution >= 4 is 21.7 Å². The lowest BCUT2D eigenvalue weighted by Gasteiger charge is -2.33. The van der Waals surface area contributed by atoms with E-state index in [0.717, 1.165) is 11.8 Å². The Bertz CT molecular complexity index is 822. The van der Waals surface area contributed by atoms with E-state index in [-0.39, 0.29) is 18.4 Å². The van der Waals surface area contributed by atoms with Gasteiger partial charge in [0.05, 0.1) is 5.92 Å². The first-order chi connectivity index (χ1) is 12.6.